The van der Waals surface area contributed by atoms with Crippen molar-refractivity contribution < 1.29 is 14.7 Å². The van der Waals surface area contributed by atoms with Crippen molar-refractivity contribution in [3.63, 3.8) is 0 Å². The minimum atomic E-state index is -1.20. The number of fused-ring (bicyclic) bond motifs is 1. The maximum atomic E-state index is 13.4. The summed E-state index contributed by atoms with van der Waals surface area (Å²) in [5.74, 6) is -1.29. The fraction of sp³-hybridized carbons (Fsp3) is 0.167. The number of amides is 1. The van der Waals surface area contributed by atoms with Crippen LogP contribution in [-0.4, -0.2) is 26.5 Å². The minimum absolute atomic E-state index is 0.0119. The van der Waals surface area contributed by atoms with Gasteiger partial charge in [0.15, 0.2) is 0 Å². The highest BCUT2D eigenvalue weighted by Crippen LogP contribution is 2.26. The smallest absolute Gasteiger partial charge is 0.337 e. The molecule has 0 atom stereocenters. The Morgan fingerprint density at radius 2 is 1.75 bits per heavy atom. The van der Waals surface area contributed by atoms with Crippen molar-refractivity contribution in [1.29, 1.82) is 0 Å². The zero-order valence-corrected chi connectivity index (χ0v) is 18.6. The molecule has 7 nitrogen and oxygen atoms in total. The number of aromatic carboxylic acids is 1. The number of nitrogens with one attached hydrogen (secondary N) is 1. The van der Waals surface area contributed by atoms with Crippen molar-refractivity contribution in [3.8, 4) is 11.4 Å². The SMILES string of the molecule is Cc1ccc(-c2nc3scc(C(=O)O)c3c(=O)n2CC(=O)Nc2cc(C)ccc2C)cc1. The van der Waals surface area contributed by atoms with E-state index in [1.165, 1.54) is 9.95 Å². The van der Waals surface area contributed by atoms with E-state index in [2.05, 4.69) is 10.3 Å². The van der Waals surface area contributed by atoms with Gasteiger partial charge in [0.25, 0.3) is 5.56 Å². The van der Waals surface area contributed by atoms with Crippen LogP contribution in [0.4, 0.5) is 5.69 Å². The van der Waals surface area contributed by atoms with Gasteiger partial charge in [0.2, 0.25) is 5.91 Å². The Bertz CT molecular complexity index is 1420. The third-order valence-corrected chi connectivity index (χ3v) is 6.08. The number of aryl methyl sites for hydroxylation is 3. The summed E-state index contributed by atoms with van der Waals surface area (Å²) in [6, 6.07) is 13.2. The van der Waals surface area contributed by atoms with E-state index in [0.717, 1.165) is 28.0 Å². The van der Waals surface area contributed by atoms with Crippen LogP contribution in [0, 0.1) is 20.8 Å². The summed E-state index contributed by atoms with van der Waals surface area (Å²) in [5, 5.41) is 13.8. The van der Waals surface area contributed by atoms with Crippen LogP contribution in [-0.2, 0) is 11.3 Å². The van der Waals surface area contributed by atoms with Crippen molar-refractivity contribution in [3.05, 3.63) is 80.5 Å². The standard InChI is InChI=1S/C24H21N3O4S/c1-13-5-8-16(9-6-13)21-26-22-20(17(12-32-22)24(30)31)23(29)27(21)11-19(28)25-18-10-14(2)4-7-15(18)3/h4-10,12H,11H2,1-3H3,(H,25,28)(H,30,31). The van der Waals surface area contributed by atoms with Gasteiger partial charge in [-0.15, -0.1) is 11.3 Å². The molecule has 0 fully saturated rings. The predicted octanol–water partition coefficient (Wildman–Crippen LogP) is 4.39. The third-order valence-electron chi connectivity index (χ3n) is 5.20. The van der Waals surface area contributed by atoms with E-state index < -0.39 is 17.4 Å². The number of carboxylic acid groups (broad SMARTS) is 1. The van der Waals surface area contributed by atoms with E-state index in [0.29, 0.717) is 21.9 Å². The number of nitrogens with zero attached hydrogens (tertiary/aromatic N) is 2. The van der Waals surface area contributed by atoms with Crippen LogP contribution < -0.4 is 10.9 Å². The highest BCUT2D eigenvalue weighted by Gasteiger charge is 2.21. The number of carbonyl (C=O) groups excluding carboxylic acids is 1. The first-order chi connectivity index (χ1) is 15.2. The molecule has 162 valence electrons. The molecule has 4 aromatic rings. The summed E-state index contributed by atoms with van der Waals surface area (Å²) in [6.07, 6.45) is 0. The maximum Gasteiger partial charge on any atom is 0.337 e. The van der Waals surface area contributed by atoms with Gasteiger partial charge in [0.05, 0.1) is 10.9 Å². The second kappa shape index (κ2) is 8.39. The number of hydrogen-bond acceptors (Lipinski definition) is 5. The number of carboxylic acids is 1. The van der Waals surface area contributed by atoms with Gasteiger partial charge in [-0.3, -0.25) is 14.2 Å². The van der Waals surface area contributed by atoms with Gasteiger partial charge < -0.3 is 10.4 Å². The highest BCUT2D eigenvalue weighted by molar-refractivity contribution is 7.17. The van der Waals surface area contributed by atoms with Gasteiger partial charge >= 0.3 is 5.97 Å². The van der Waals surface area contributed by atoms with Crippen molar-refractivity contribution in [2.24, 2.45) is 0 Å². The average Bonchev–Trinajstić information content (AvgIpc) is 3.18. The molecule has 0 bridgehead atoms. The fourth-order valence-electron chi connectivity index (χ4n) is 3.46. The van der Waals surface area contributed by atoms with Crippen molar-refractivity contribution in [2.75, 3.05) is 5.32 Å². The first kappa shape index (κ1) is 21.5. The Morgan fingerprint density at radius 3 is 2.44 bits per heavy atom. The summed E-state index contributed by atoms with van der Waals surface area (Å²) in [4.78, 5) is 42.8. The maximum absolute atomic E-state index is 13.4. The first-order valence-electron chi connectivity index (χ1n) is 9.94. The molecular weight excluding hydrogens is 426 g/mol. The zero-order valence-electron chi connectivity index (χ0n) is 17.8. The molecule has 2 heterocycles. The zero-order chi connectivity index (χ0) is 23.0. The van der Waals surface area contributed by atoms with E-state index >= 15 is 0 Å². The Balaban J connectivity index is 1.83. The monoisotopic (exact) mass is 447 g/mol. The van der Waals surface area contributed by atoms with Gasteiger partial charge in [-0.1, -0.05) is 42.0 Å². The molecule has 0 saturated carbocycles. The number of thiophene rings is 1. The molecule has 0 aliphatic rings. The van der Waals surface area contributed by atoms with Gasteiger partial charge in [0, 0.05) is 16.6 Å². The quantitative estimate of drug-likeness (QED) is 0.473. The van der Waals surface area contributed by atoms with Crippen LogP contribution in [0.3, 0.4) is 0 Å². The van der Waals surface area contributed by atoms with Crippen molar-refractivity contribution in [2.45, 2.75) is 27.3 Å². The first-order valence-corrected chi connectivity index (χ1v) is 10.8. The minimum Gasteiger partial charge on any atom is -0.478 e. The lowest BCUT2D eigenvalue weighted by Gasteiger charge is -2.14. The highest BCUT2D eigenvalue weighted by atomic mass is 32.1. The van der Waals surface area contributed by atoms with Crippen LogP contribution in [0.5, 0.6) is 0 Å². The lowest BCUT2D eigenvalue weighted by Crippen LogP contribution is -2.30. The number of anilines is 1. The van der Waals surface area contributed by atoms with Crippen LogP contribution >= 0.6 is 11.3 Å². The van der Waals surface area contributed by atoms with Crippen molar-refractivity contribution >= 4 is 39.1 Å². The molecule has 1 amide bonds. The van der Waals surface area contributed by atoms with Crippen molar-refractivity contribution in [1.82, 2.24) is 9.55 Å². The molecule has 0 aliphatic heterocycles. The lowest BCUT2D eigenvalue weighted by atomic mass is 10.1. The van der Waals surface area contributed by atoms with E-state index in [1.54, 1.807) is 0 Å². The molecule has 4 rings (SSSR count). The summed E-state index contributed by atoms with van der Waals surface area (Å²) >= 11 is 1.10. The van der Waals surface area contributed by atoms with Gasteiger partial charge in [-0.25, -0.2) is 9.78 Å². The summed E-state index contributed by atoms with van der Waals surface area (Å²) < 4.78 is 1.24. The van der Waals surface area contributed by atoms with Gasteiger partial charge in [-0.05, 0) is 38.0 Å². The molecule has 0 unspecified atom stereocenters. The van der Waals surface area contributed by atoms with Crippen LogP contribution in [0.1, 0.15) is 27.0 Å². The number of carbonyl (C=O) groups is 2. The van der Waals surface area contributed by atoms with E-state index in [4.69, 9.17) is 0 Å². The second-order valence-electron chi connectivity index (χ2n) is 7.69. The number of rotatable bonds is 5. The van der Waals surface area contributed by atoms with E-state index in [1.807, 2.05) is 63.2 Å². The van der Waals surface area contributed by atoms with Gasteiger partial charge in [-0.2, -0.15) is 0 Å². The van der Waals surface area contributed by atoms with E-state index in [-0.39, 0.29) is 17.5 Å². The average molecular weight is 448 g/mol. The normalized spacial score (nSPS) is 11.0. The molecule has 0 radical (unpaired) electrons. The summed E-state index contributed by atoms with van der Waals surface area (Å²) in [6.45, 7) is 5.46. The lowest BCUT2D eigenvalue weighted by molar-refractivity contribution is -0.116. The molecule has 2 aromatic heterocycles. The molecule has 0 spiro atoms. The molecule has 8 heteroatoms. The Labute approximate surface area is 188 Å². The summed E-state index contributed by atoms with van der Waals surface area (Å²) in [7, 11) is 0. The number of aromatic nitrogens is 2. The Kier molecular flexibility index (Phi) is 5.63. The molecular formula is C24H21N3O4S. The van der Waals surface area contributed by atoms with Crippen LogP contribution in [0.2, 0.25) is 0 Å². The van der Waals surface area contributed by atoms with Gasteiger partial charge in [0.1, 0.15) is 17.2 Å². The largest absolute Gasteiger partial charge is 0.478 e. The Morgan fingerprint density at radius 1 is 1.06 bits per heavy atom. The molecule has 0 saturated heterocycles. The Hall–Kier alpha value is -3.78. The predicted molar refractivity (Wildman–Crippen MR) is 126 cm³/mol. The number of benzene rings is 2. The molecule has 0 aliphatic carbocycles. The topological polar surface area (TPSA) is 101 Å². The number of hydrogen-bond donors (Lipinski definition) is 2. The summed E-state index contributed by atoms with van der Waals surface area (Å²) in [5.41, 5.74) is 3.60. The molecule has 32 heavy (non-hydrogen) atoms. The third kappa shape index (κ3) is 4.04. The van der Waals surface area contributed by atoms with Crippen LogP contribution in [0.15, 0.2) is 52.6 Å². The molecule has 2 aromatic carbocycles. The van der Waals surface area contributed by atoms with E-state index in [9.17, 15) is 19.5 Å². The molecule has 2 N–H and O–H groups in total. The van der Waals surface area contributed by atoms with Crippen LogP contribution in [0.25, 0.3) is 21.6 Å². The second-order valence-corrected chi connectivity index (χ2v) is 8.55. The fourth-order valence-corrected chi connectivity index (χ4v) is 4.36.